The van der Waals surface area contributed by atoms with E-state index in [-0.39, 0.29) is 0 Å². The molecule has 1 unspecified atom stereocenters. The van der Waals surface area contributed by atoms with Gasteiger partial charge in [-0.25, -0.2) is 0 Å². The highest BCUT2D eigenvalue weighted by Gasteiger charge is 1.94. The highest BCUT2D eigenvalue weighted by Crippen LogP contribution is 1.85. The third-order valence-corrected chi connectivity index (χ3v) is 1.57. The maximum atomic E-state index is 8.77. The maximum absolute atomic E-state index is 8.77. The van der Waals surface area contributed by atoms with Crippen molar-refractivity contribution < 1.29 is 24.1 Å². The number of aliphatic hydroxyl groups is 1. The molecule has 0 saturated heterocycles. The van der Waals surface area contributed by atoms with Crippen LogP contribution in [-0.2, 0) is 18.9 Å². The van der Waals surface area contributed by atoms with Crippen LogP contribution in [0, 0.1) is 0 Å². The Morgan fingerprint density at radius 1 is 1.00 bits per heavy atom. The van der Waals surface area contributed by atoms with Gasteiger partial charge in [0.15, 0.2) is 6.29 Å². The van der Waals surface area contributed by atoms with Crippen molar-refractivity contribution in [2.24, 2.45) is 0 Å². The van der Waals surface area contributed by atoms with Crippen LogP contribution in [0.2, 0.25) is 0 Å². The molecule has 0 amide bonds. The summed E-state index contributed by atoms with van der Waals surface area (Å²) >= 11 is 0. The zero-order valence-corrected chi connectivity index (χ0v) is 9.89. The lowest BCUT2D eigenvalue weighted by Crippen LogP contribution is -2.14. The summed E-state index contributed by atoms with van der Waals surface area (Å²) in [5.41, 5.74) is 0. The van der Waals surface area contributed by atoms with Crippen LogP contribution in [0.15, 0.2) is 12.7 Å². The van der Waals surface area contributed by atoms with Gasteiger partial charge in [-0.2, -0.15) is 0 Å². The van der Waals surface area contributed by atoms with Gasteiger partial charge in [-0.1, -0.05) is 6.08 Å². The van der Waals surface area contributed by atoms with Gasteiger partial charge in [0.05, 0.1) is 46.2 Å². The number of ether oxygens (including phenoxy) is 4. The van der Waals surface area contributed by atoms with Crippen molar-refractivity contribution in [3.05, 3.63) is 12.7 Å². The molecule has 0 rings (SSSR count). The van der Waals surface area contributed by atoms with Crippen LogP contribution in [0.25, 0.3) is 0 Å². The van der Waals surface area contributed by atoms with Crippen molar-refractivity contribution in [2.45, 2.75) is 13.2 Å². The lowest BCUT2D eigenvalue weighted by molar-refractivity contribution is -0.102. The Hall–Kier alpha value is -0.460. The molecule has 5 nitrogen and oxygen atoms in total. The molecule has 0 aliphatic carbocycles. The Kier molecular flexibility index (Phi) is 12.2. The predicted molar refractivity (Wildman–Crippen MR) is 60.3 cm³/mol. The second-order valence-corrected chi connectivity index (χ2v) is 3.06. The Morgan fingerprint density at radius 3 is 2.00 bits per heavy atom. The Morgan fingerprint density at radius 2 is 1.50 bits per heavy atom. The first kappa shape index (κ1) is 15.5. The fraction of sp³-hybridized carbons (Fsp3) is 0.818. The molecule has 0 fully saturated rings. The first-order valence-corrected chi connectivity index (χ1v) is 5.41. The van der Waals surface area contributed by atoms with Crippen LogP contribution in [0.4, 0.5) is 0 Å². The van der Waals surface area contributed by atoms with Crippen LogP contribution < -0.4 is 0 Å². The highest BCUT2D eigenvalue weighted by molar-refractivity contribution is 4.63. The van der Waals surface area contributed by atoms with Gasteiger partial charge in [0.25, 0.3) is 0 Å². The van der Waals surface area contributed by atoms with Gasteiger partial charge in [0.2, 0.25) is 0 Å². The molecule has 96 valence electrons. The largest absolute Gasteiger partial charge is 0.377 e. The molecule has 0 aromatic carbocycles. The van der Waals surface area contributed by atoms with Gasteiger partial charge in [0.1, 0.15) is 0 Å². The fourth-order valence-electron chi connectivity index (χ4n) is 0.884. The molecule has 0 aliphatic rings. The number of hydrogen-bond acceptors (Lipinski definition) is 5. The summed E-state index contributed by atoms with van der Waals surface area (Å²) in [4.78, 5) is 0. The SMILES string of the molecule is C=CCOCCOCCOCCOC(C)O. The summed E-state index contributed by atoms with van der Waals surface area (Å²) < 4.78 is 20.4. The highest BCUT2D eigenvalue weighted by atomic mass is 16.6. The van der Waals surface area contributed by atoms with Crippen LogP contribution in [0.1, 0.15) is 6.92 Å². The van der Waals surface area contributed by atoms with Crippen molar-refractivity contribution >= 4 is 0 Å². The fourth-order valence-corrected chi connectivity index (χ4v) is 0.884. The van der Waals surface area contributed by atoms with Gasteiger partial charge in [-0.15, -0.1) is 6.58 Å². The van der Waals surface area contributed by atoms with Crippen molar-refractivity contribution in [1.82, 2.24) is 0 Å². The van der Waals surface area contributed by atoms with E-state index in [0.29, 0.717) is 46.2 Å². The van der Waals surface area contributed by atoms with E-state index >= 15 is 0 Å². The third-order valence-electron chi connectivity index (χ3n) is 1.57. The molecule has 0 aromatic rings. The third kappa shape index (κ3) is 13.5. The van der Waals surface area contributed by atoms with Crippen LogP contribution >= 0.6 is 0 Å². The molecule has 1 N–H and O–H groups in total. The summed E-state index contributed by atoms with van der Waals surface area (Å²) in [6.07, 6.45) is 0.965. The molecule has 0 bridgehead atoms. The predicted octanol–water partition coefficient (Wildman–Crippen LogP) is 0.577. The minimum Gasteiger partial charge on any atom is -0.377 e. The summed E-state index contributed by atoms with van der Waals surface area (Å²) in [6, 6.07) is 0. The Balaban J connectivity index is 2.90. The van der Waals surface area contributed by atoms with E-state index in [4.69, 9.17) is 24.1 Å². The van der Waals surface area contributed by atoms with Crippen molar-refractivity contribution in [1.29, 1.82) is 0 Å². The van der Waals surface area contributed by atoms with Gasteiger partial charge in [0, 0.05) is 0 Å². The molecular weight excluding hydrogens is 212 g/mol. The van der Waals surface area contributed by atoms with Gasteiger partial charge >= 0.3 is 0 Å². The zero-order chi connectivity index (χ0) is 12.1. The summed E-state index contributed by atoms with van der Waals surface area (Å²) in [6.45, 7) is 8.67. The van der Waals surface area contributed by atoms with Gasteiger partial charge < -0.3 is 24.1 Å². The maximum Gasteiger partial charge on any atom is 0.151 e. The van der Waals surface area contributed by atoms with E-state index in [1.54, 1.807) is 13.0 Å². The van der Waals surface area contributed by atoms with E-state index in [1.807, 2.05) is 0 Å². The average molecular weight is 234 g/mol. The lowest BCUT2D eigenvalue weighted by atomic mass is 10.6. The minimum absolute atomic E-state index is 0.389. The summed E-state index contributed by atoms with van der Waals surface area (Å²) in [7, 11) is 0. The van der Waals surface area contributed by atoms with E-state index in [2.05, 4.69) is 6.58 Å². The minimum atomic E-state index is -0.734. The van der Waals surface area contributed by atoms with E-state index in [1.165, 1.54) is 0 Å². The molecular formula is C11H22O5. The van der Waals surface area contributed by atoms with E-state index < -0.39 is 6.29 Å². The molecule has 0 spiro atoms. The second-order valence-electron chi connectivity index (χ2n) is 3.06. The number of aliphatic hydroxyl groups excluding tert-OH is 1. The first-order chi connectivity index (χ1) is 7.77. The molecule has 16 heavy (non-hydrogen) atoms. The van der Waals surface area contributed by atoms with Gasteiger partial charge in [-0.3, -0.25) is 0 Å². The quantitative estimate of drug-likeness (QED) is 0.304. The molecule has 0 heterocycles. The van der Waals surface area contributed by atoms with E-state index in [9.17, 15) is 0 Å². The normalized spacial score (nSPS) is 12.6. The molecule has 0 radical (unpaired) electrons. The lowest BCUT2D eigenvalue weighted by Gasteiger charge is -2.08. The van der Waals surface area contributed by atoms with Crippen molar-refractivity contribution in [3.8, 4) is 0 Å². The van der Waals surface area contributed by atoms with Crippen molar-refractivity contribution in [2.75, 3.05) is 46.2 Å². The Labute approximate surface area is 96.9 Å². The number of rotatable bonds is 12. The summed E-state index contributed by atoms with van der Waals surface area (Å²) in [5.74, 6) is 0. The smallest absolute Gasteiger partial charge is 0.151 e. The second kappa shape index (κ2) is 12.6. The first-order valence-electron chi connectivity index (χ1n) is 5.41. The zero-order valence-electron chi connectivity index (χ0n) is 9.89. The number of hydrogen-bond donors (Lipinski definition) is 1. The van der Waals surface area contributed by atoms with Crippen LogP contribution in [0.3, 0.4) is 0 Å². The topological polar surface area (TPSA) is 57.2 Å². The molecule has 0 saturated carbocycles. The molecule has 5 heteroatoms. The van der Waals surface area contributed by atoms with Crippen molar-refractivity contribution in [3.63, 3.8) is 0 Å². The molecule has 0 aromatic heterocycles. The average Bonchev–Trinajstić information content (AvgIpc) is 2.25. The van der Waals surface area contributed by atoms with E-state index in [0.717, 1.165) is 0 Å². The molecule has 0 aliphatic heterocycles. The monoisotopic (exact) mass is 234 g/mol. The Bertz CT molecular complexity index is 149. The van der Waals surface area contributed by atoms with Crippen LogP contribution in [-0.4, -0.2) is 57.6 Å². The van der Waals surface area contributed by atoms with Crippen LogP contribution in [0.5, 0.6) is 0 Å². The molecule has 1 atom stereocenters. The van der Waals surface area contributed by atoms with Gasteiger partial charge in [-0.05, 0) is 6.92 Å². The summed E-state index contributed by atoms with van der Waals surface area (Å²) in [5, 5.41) is 8.77. The standard InChI is InChI=1S/C11H22O5/c1-3-4-13-5-6-14-7-8-15-9-10-16-11(2)12/h3,11-12H,1,4-10H2,2H3.